The quantitative estimate of drug-likeness (QED) is 0.589. The summed E-state index contributed by atoms with van der Waals surface area (Å²) in [5, 5.41) is 4.87. The first-order valence-electron chi connectivity index (χ1n) is 8.12. The second-order valence-corrected chi connectivity index (χ2v) is 6.03. The van der Waals surface area contributed by atoms with Crippen molar-refractivity contribution in [1.82, 2.24) is 19.7 Å². The molecule has 2 N–H and O–H groups in total. The highest BCUT2D eigenvalue weighted by atomic mass is 19.4. The summed E-state index contributed by atoms with van der Waals surface area (Å²) >= 11 is 0. The number of hydrogen-bond acceptors (Lipinski definition) is 4. The summed E-state index contributed by atoms with van der Waals surface area (Å²) in [6.45, 7) is 0.270. The Balaban J connectivity index is 1.71. The van der Waals surface area contributed by atoms with E-state index in [1.54, 1.807) is 10.9 Å². The predicted molar refractivity (Wildman–Crippen MR) is 95.7 cm³/mol. The van der Waals surface area contributed by atoms with Crippen molar-refractivity contribution in [3.05, 3.63) is 71.9 Å². The standard InChI is InChI=1S/C19H14F3N5/c20-19(21,22)14-8-6-12(7-9-14)11-27-18-15(10-24-27)16(23)25-17(26-18)13-4-2-1-3-5-13/h1-10H,11H2,(H2,23,25,26). The van der Waals surface area contributed by atoms with Crippen molar-refractivity contribution in [3.8, 4) is 11.4 Å². The number of anilines is 1. The normalized spacial score (nSPS) is 11.8. The second-order valence-electron chi connectivity index (χ2n) is 6.03. The lowest BCUT2D eigenvalue weighted by atomic mass is 10.1. The molecule has 0 spiro atoms. The van der Waals surface area contributed by atoms with E-state index in [0.29, 0.717) is 28.2 Å². The number of fused-ring (bicyclic) bond motifs is 1. The van der Waals surface area contributed by atoms with E-state index in [-0.39, 0.29) is 6.54 Å². The van der Waals surface area contributed by atoms with Gasteiger partial charge in [-0.25, -0.2) is 14.6 Å². The molecule has 8 heteroatoms. The number of nitrogens with zero attached hydrogens (tertiary/aromatic N) is 4. The Morgan fingerprint density at radius 1 is 0.926 bits per heavy atom. The summed E-state index contributed by atoms with van der Waals surface area (Å²) in [5.74, 6) is 0.771. The van der Waals surface area contributed by atoms with E-state index < -0.39 is 11.7 Å². The van der Waals surface area contributed by atoms with Gasteiger partial charge in [0, 0.05) is 5.56 Å². The summed E-state index contributed by atoms with van der Waals surface area (Å²) in [6, 6.07) is 14.4. The number of halogens is 3. The Labute approximate surface area is 152 Å². The largest absolute Gasteiger partial charge is 0.416 e. The highest BCUT2D eigenvalue weighted by molar-refractivity contribution is 5.86. The molecular weight excluding hydrogens is 355 g/mol. The van der Waals surface area contributed by atoms with Crippen LogP contribution in [-0.2, 0) is 12.7 Å². The van der Waals surface area contributed by atoms with E-state index >= 15 is 0 Å². The summed E-state index contributed by atoms with van der Waals surface area (Å²) in [4.78, 5) is 8.87. The van der Waals surface area contributed by atoms with Crippen molar-refractivity contribution < 1.29 is 13.2 Å². The number of nitrogen functional groups attached to an aromatic ring is 1. The van der Waals surface area contributed by atoms with E-state index in [2.05, 4.69) is 15.1 Å². The Bertz CT molecular complexity index is 1090. The van der Waals surface area contributed by atoms with E-state index in [0.717, 1.165) is 17.7 Å². The summed E-state index contributed by atoms with van der Waals surface area (Å²) in [5.41, 5.74) is 7.37. The first-order chi connectivity index (χ1) is 12.9. The molecule has 2 aromatic carbocycles. The molecule has 0 unspecified atom stereocenters. The average Bonchev–Trinajstić information content (AvgIpc) is 3.05. The van der Waals surface area contributed by atoms with Crippen LogP contribution in [0.15, 0.2) is 60.8 Å². The molecule has 0 saturated carbocycles. The topological polar surface area (TPSA) is 69.6 Å². The van der Waals surface area contributed by atoms with E-state index in [4.69, 9.17) is 5.73 Å². The fraction of sp³-hybridized carbons (Fsp3) is 0.105. The molecule has 27 heavy (non-hydrogen) atoms. The van der Waals surface area contributed by atoms with E-state index in [1.165, 1.54) is 12.1 Å². The van der Waals surface area contributed by atoms with Crippen LogP contribution < -0.4 is 5.73 Å². The van der Waals surface area contributed by atoms with Crippen molar-refractivity contribution in [2.75, 3.05) is 5.73 Å². The van der Waals surface area contributed by atoms with Gasteiger partial charge >= 0.3 is 6.18 Å². The van der Waals surface area contributed by atoms with Crippen molar-refractivity contribution in [2.45, 2.75) is 12.7 Å². The first kappa shape index (κ1) is 17.0. The molecular formula is C19H14F3N5. The van der Waals surface area contributed by atoms with Gasteiger partial charge in [0.25, 0.3) is 0 Å². The lowest BCUT2D eigenvalue weighted by molar-refractivity contribution is -0.137. The molecule has 0 bridgehead atoms. The number of rotatable bonds is 3. The molecule has 2 heterocycles. The van der Waals surface area contributed by atoms with Crippen molar-refractivity contribution in [2.24, 2.45) is 0 Å². The minimum atomic E-state index is -4.36. The van der Waals surface area contributed by atoms with Gasteiger partial charge in [0.15, 0.2) is 11.5 Å². The van der Waals surface area contributed by atoms with Gasteiger partial charge in [-0.05, 0) is 17.7 Å². The Morgan fingerprint density at radius 2 is 1.63 bits per heavy atom. The number of benzene rings is 2. The highest BCUT2D eigenvalue weighted by Crippen LogP contribution is 2.29. The van der Waals surface area contributed by atoms with Gasteiger partial charge in [-0.1, -0.05) is 42.5 Å². The van der Waals surface area contributed by atoms with Crippen LogP contribution in [0.4, 0.5) is 19.0 Å². The SMILES string of the molecule is Nc1nc(-c2ccccc2)nc2c1cnn2Cc1ccc(C(F)(F)F)cc1. The Kier molecular flexibility index (Phi) is 4.02. The van der Waals surface area contributed by atoms with Gasteiger partial charge in [-0.3, -0.25) is 0 Å². The third kappa shape index (κ3) is 3.33. The van der Waals surface area contributed by atoms with E-state index in [1.807, 2.05) is 30.3 Å². The van der Waals surface area contributed by atoms with E-state index in [9.17, 15) is 13.2 Å². The van der Waals surface area contributed by atoms with Gasteiger partial charge in [-0.15, -0.1) is 0 Å². The second kappa shape index (κ2) is 6.39. The lowest BCUT2D eigenvalue weighted by Crippen LogP contribution is -2.07. The molecule has 0 saturated heterocycles. The molecule has 0 aliphatic rings. The zero-order valence-corrected chi connectivity index (χ0v) is 14.0. The summed E-state index contributed by atoms with van der Waals surface area (Å²) in [6.07, 6.45) is -2.80. The Hall–Kier alpha value is -3.42. The van der Waals surface area contributed by atoms with Crippen LogP contribution in [0.2, 0.25) is 0 Å². The van der Waals surface area contributed by atoms with Gasteiger partial charge in [0.1, 0.15) is 5.82 Å². The van der Waals surface area contributed by atoms with Crippen LogP contribution in [0, 0.1) is 0 Å². The number of alkyl halides is 3. The van der Waals surface area contributed by atoms with Crippen molar-refractivity contribution in [3.63, 3.8) is 0 Å². The Morgan fingerprint density at radius 3 is 2.30 bits per heavy atom. The molecule has 136 valence electrons. The smallest absolute Gasteiger partial charge is 0.383 e. The monoisotopic (exact) mass is 369 g/mol. The summed E-state index contributed by atoms with van der Waals surface area (Å²) < 4.78 is 39.7. The molecule has 0 aliphatic heterocycles. The maximum atomic E-state index is 12.7. The molecule has 0 amide bonds. The highest BCUT2D eigenvalue weighted by Gasteiger charge is 2.29. The van der Waals surface area contributed by atoms with Crippen LogP contribution in [0.25, 0.3) is 22.4 Å². The lowest BCUT2D eigenvalue weighted by Gasteiger charge is -2.09. The van der Waals surface area contributed by atoms with Gasteiger partial charge in [0.05, 0.1) is 23.7 Å². The third-order valence-electron chi connectivity index (χ3n) is 4.17. The van der Waals surface area contributed by atoms with Crippen LogP contribution in [0.1, 0.15) is 11.1 Å². The van der Waals surface area contributed by atoms with Crippen LogP contribution in [0.5, 0.6) is 0 Å². The predicted octanol–water partition coefficient (Wildman–Crippen LogP) is 4.14. The zero-order valence-electron chi connectivity index (χ0n) is 14.0. The minimum absolute atomic E-state index is 0.270. The molecule has 2 aromatic heterocycles. The molecule has 0 radical (unpaired) electrons. The first-order valence-corrected chi connectivity index (χ1v) is 8.12. The van der Waals surface area contributed by atoms with Crippen molar-refractivity contribution in [1.29, 1.82) is 0 Å². The van der Waals surface area contributed by atoms with Gasteiger partial charge < -0.3 is 5.73 Å². The van der Waals surface area contributed by atoms with Crippen LogP contribution in [0.3, 0.4) is 0 Å². The minimum Gasteiger partial charge on any atom is -0.383 e. The molecule has 4 rings (SSSR count). The number of nitrogens with two attached hydrogens (primary N) is 1. The summed E-state index contributed by atoms with van der Waals surface area (Å²) in [7, 11) is 0. The van der Waals surface area contributed by atoms with Gasteiger partial charge in [-0.2, -0.15) is 18.3 Å². The van der Waals surface area contributed by atoms with Crippen molar-refractivity contribution >= 4 is 16.9 Å². The fourth-order valence-electron chi connectivity index (χ4n) is 2.78. The maximum absolute atomic E-state index is 12.7. The molecule has 0 fully saturated rings. The van der Waals surface area contributed by atoms with Crippen LogP contribution in [-0.4, -0.2) is 19.7 Å². The molecule has 5 nitrogen and oxygen atoms in total. The zero-order chi connectivity index (χ0) is 19.0. The maximum Gasteiger partial charge on any atom is 0.416 e. The third-order valence-corrected chi connectivity index (χ3v) is 4.17. The molecule has 0 atom stereocenters. The number of aromatic nitrogens is 4. The van der Waals surface area contributed by atoms with Gasteiger partial charge in [0.2, 0.25) is 0 Å². The fourth-order valence-corrected chi connectivity index (χ4v) is 2.78. The molecule has 4 aromatic rings. The number of hydrogen-bond donors (Lipinski definition) is 1. The average molecular weight is 369 g/mol. The molecule has 0 aliphatic carbocycles. The van der Waals surface area contributed by atoms with Crippen LogP contribution >= 0.6 is 0 Å².